The van der Waals surface area contributed by atoms with Crippen molar-refractivity contribution in [3.63, 3.8) is 0 Å². The average molecular weight is 327 g/mol. The smallest absolute Gasteiger partial charge is 0.220 e. The first-order valence-electron chi connectivity index (χ1n) is 9.19. The first-order chi connectivity index (χ1) is 11.6. The van der Waals surface area contributed by atoms with Crippen LogP contribution in [-0.4, -0.2) is 41.5 Å². The summed E-state index contributed by atoms with van der Waals surface area (Å²) in [5, 5.41) is 4.37. The summed E-state index contributed by atoms with van der Waals surface area (Å²) in [5.74, 6) is 0.764. The largest absolute Gasteiger partial charge is 0.361 e. The fourth-order valence-electron chi connectivity index (χ4n) is 3.67. The van der Waals surface area contributed by atoms with E-state index in [4.69, 9.17) is 0 Å². The van der Waals surface area contributed by atoms with Crippen molar-refractivity contribution in [3.05, 3.63) is 36.0 Å². The molecule has 4 heteroatoms. The molecule has 2 heterocycles. The first kappa shape index (κ1) is 17.0. The zero-order valence-electron chi connectivity index (χ0n) is 14.8. The summed E-state index contributed by atoms with van der Waals surface area (Å²) in [5.41, 5.74) is 2.37. The Morgan fingerprint density at radius 1 is 1.38 bits per heavy atom. The summed E-state index contributed by atoms with van der Waals surface area (Å²) < 4.78 is 0. The van der Waals surface area contributed by atoms with Gasteiger partial charge in [-0.2, -0.15) is 0 Å². The average Bonchev–Trinajstić information content (AvgIpc) is 3.01. The molecule has 2 aromatic rings. The number of nitrogens with one attached hydrogen (secondary N) is 2. The summed E-state index contributed by atoms with van der Waals surface area (Å²) in [4.78, 5) is 18.0. The highest BCUT2D eigenvalue weighted by molar-refractivity contribution is 5.84. The SMILES string of the molecule is CC(C)N1CCC[C@H](CNC(=O)CCc2c[nH]c3ccccc23)C1. The third-order valence-electron chi connectivity index (χ3n) is 5.16. The van der Waals surface area contributed by atoms with E-state index in [1.807, 2.05) is 18.3 Å². The van der Waals surface area contributed by atoms with Crippen LogP contribution < -0.4 is 5.32 Å². The van der Waals surface area contributed by atoms with Crippen LogP contribution in [0.5, 0.6) is 0 Å². The molecular weight excluding hydrogens is 298 g/mol. The summed E-state index contributed by atoms with van der Waals surface area (Å²) in [6, 6.07) is 8.86. The number of carbonyl (C=O) groups is 1. The summed E-state index contributed by atoms with van der Waals surface area (Å²) in [6.07, 6.45) is 5.85. The number of rotatable bonds is 6. The maximum absolute atomic E-state index is 12.2. The van der Waals surface area contributed by atoms with Crippen LogP contribution >= 0.6 is 0 Å². The number of piperidine rings is 1. The van der Waals surface area contributed by atoms with Crippen molar-refractivity contribution >= 4 is 16.8 Å². The molecule has 1 aliphatic rings. The third kappa shape index (κ3) is 4.18. The van der Waals surface area contributed by atoms with Crippen LogP contribution in [0, 0.1) is 5.92 Å². The van der Waals surface area contributed by atoms with Crippen LogP contribution in [0.25, 0.3) is 10.9 Å². The van der Waals surface area contributed by atoms with Crippen molar-refractivity contribution in [2.24, 2.45) is 5.92 Å². The second-order valence-corrected chi connectivity index (χ2v) is 7.26. The normalized spacial score (nSPS) is 19.0. The fraction of sp³-hybridized carbons (Fsp3) is 0.550. The number of hydrogen-bond donors (Lipinski definition) is 2. The van der Waals surface area contributed by atoms with Gasteiger partial charge in [0.2, 0.25) is 5.91 Å². The minimum Gasteiger partial charge on any atom is -0.361 e. The van der Waals surface area contributed by atoms with Gasteiger partial charge in [-0.05, 0) is 57.2 Å². The number of benzene rings is 1. The molecule has 0 bridgehead atoms. The summed E-state index contributed by atoms with van der Waals surface area (Å²) in [6.45, 7) is 7.63. The topological polar surface area (TPSA) is 48.1 Å². The Hall–Kier alpha value is -1.81. The van der Waals surface area contributed by atoms with Crippen molar-refractivity contribution in [2.45, 2.75) is 45.6 Å². The lowest BCUT2D eigenvalue weighted by Gasteiger charge is -2.35. The molecule has 1 atom stereocenters. The van der Waals surface area contributed by atoms with E-state index < -0.39 is 0 Å². The number of para-hydroxylation sites is 1. The Balaban J connectivity index is 1.44. The highest BCUT2D eigenvalue weighted by atomic mass is 16.1. The number of hydrogen-bond acceptors (Lipinski definition) is 2. The van der Waals surface area contributed by atoms with Crippen LogP contribution in [0.4, 0.5) is 0 Å². The molecule has 2 N–H and O–H groups in total. The predicted molar refractivity (Wildman–Crippen MR) is 99.1 cm³/mol. The van der Waals surface area contributed by atoms with Gasteiger partial charge in [0, 0.05) is 42.7 Å². The fourth-order valence-corrected chi connectivity index (χ4v) is 3.67. The zero-order chi connectivity index (χ0) is 16.9. The van der Waals surface area contributed by atoms with Crippen molar-refractivity contribution in [1.82, 2.24) is 15.2 Å². The van der Waals surface area contributed by atoms with E-state index in [1.165, 1.54) is 30.3 Å². The summed E-state index contributed by atoms with van der Waals surface area (Å²) in [7, 11) is 0. The number of carbonyl (C=O) groups excluding carboxylic acids is 1. The Bertz CT molecular complexity index is 676. The highest BCUT2D eigenvalue weighted by Gasteiger charge is 2.21. The van der Waals surface area contributed by atoms with Gasteiger partial charge in [0.05, 0.1) is 0 Å². The van der Waals surface area contributed by atoms with Crippen molar-refractivity contribution in [1.29, 1.82) is 0 Å². The van der Waals surface area contributed by atoms with Crippen LogP contribution in [0.3, 0.4) is 0 Å². The molecule has 0 unspecified atom stereocenters. The van der Waals surface area contributed by atoms with Gasteiger partial charge in [-0.25, -0.2) is 0 Å². The summed E-state index contributed by atoms with van der Waals surface area (Å²) >= 11 is 0. The minimum absolute atomic E-state index is 0.168. The Morgan fingerprint density at radius 3 is 3.04 bits per heavy atom. The van der Waals surface area contributed by atoms with Crippen LogP contribution in [0.15, 0.2) is 30.5 Å². The van der Waals surface area contributed by atoms with Gasteiger partial charge in [-0.15, -0.1) is 0 Å². The van der Waals surface area contributed by atoms with Crippen molar-refractivity contribution in [2.75, 3.05) is 19.6 Å². The maximum Gasteiger partial charge on any atom is 0.220 e. The van der Waals surface area contributed by atoms with E-state index in [9.17, 15) is 4.79 Å². The number of H-pyrrole nitrogens is 1. The molecule has 1 saturated heterocycles. The van der Waals surface area contributed by atoms with E-state index >= 15 is 0 Å². The molecule has 24 heavy (non-hydrogen) atoms. The van der Waals surface area contributed by atoms with Crippen molar-refractivity contribution in [3.8, 4) is 0 Å². The molecule has 4 nitrogen and oxygen atoms in total. The molecule has 0 saturated carbocycles. The Kier molecular flexibility index (Phi) is 5.56. The standard InChI is InChI=1S/C20H29N3O/c1-15(2)23-11-5-6-16(14-23)12-22-20(24)10-9-17-13-21-19-8-4-3-7-18(17)19/h3-4,7-8,13,15-16,21H,5-6,9-12,14H2,1-2H3,(H,22,24)/t16-/m1/s1. The zero-order valence-corrected chi connectivity index (χ0v) is 14.8. The molecule has 0 spiro atoms. The maximum atomic E-state index is 12.2. The molecule has 1 fully saturated rings. The number of aryl methyl sites for hydroxylation is 1. The van der Waals surface area contributed by atoms with Gasteiger partial charge in [0.15, 0.2) is 0 Å². The van der Waals surface area contributed by atoms with Crippen LogP contribution in [-0.2, 0) is 11.2 Å². The number of likely N-dealkylation sites (tertiary alicyclic amines) is 1. The van der Waals surface area contributed by atoms with Gasteiger partial charge in [0.1, 0.15) is 0 Å². The molecule has 0 aliphatic carbocycles. The molecular formula is C20H29N3O. The quantitative estimate of drug-likeness (QED) is 0.855. The second kappa shape index (κ2) is 7.84. The van der Waals surface area contributed by atoms with Gasteiger partial charge >= 0.3 is 0 Å². The number of fused-ring (bicyclic) bond motifs is 1. The van der Waals surface area contributed by atoms with E-state index in [2.05, 4.69) is 41.2 Å². The van der Waals surface area contributed by atoms with Crippen LogP contribution in [0.2, 0.25) is 0 Å². The predicted octanol–water partition coefficient (Wildman–Crippen LogP) is 3.34. The van der Waals surface area contributed by atoms with E-state index in [0.29, 0.717) is 18.4 Å². The lowest BCUT2D eigenvalue weighted by molar-refractivity contribution is -0.121. The monoisotopic (exact) mass is 327 g/mol. The Labute approximate surface area is 144 Å². The molecule has 1 aliphatic heterocycles. The lowest BCUT2D eigenvalue weighted by Crippen LogP contribution is -2.43. The Morgan fingerprint density at radius 2 is 2.21 bits per heavy atom. The number of aromatic nitrogens is 1. The number of nitrogens with zero attached hydrogens (tertiary/aromatic N) is 1. The van der Waals surface area contributed by atoms with E-state index in [-0.39, 0.29) is 5.91 Å². The molecule has 1 amide bonds. The van der Waals surface area contributed by atoms with Gasteiger partial charge in [0.25, 0.3) is 0 Å². The van der Waals surface area contributed by atoms with E-state index in [0.717, 1.165) is 25.0 Å². The minimum atomic E-state index is 0.168. The van der Waals surface area contributed by atoms with Gasteiger partial charge in [-0.1, -0.05) is 18.2 Å². The molecule has 1 aromatic carbocycles. The van der Waals surface area contributed by atoms with Crippen molar-refractivity contribution < 1.29 is 4.79 Å². The molecule has 130 valence electrons. The molecule has 1 aromatic heterocycles. The van der Waals surface area contributed by atoms with Gasteiger partial charge < -0.3 is 15.2 Å². The number of aromatic amines is 1. The van der Waals surface area contributed by atoms with E-state index in [1.54, 1.807) is 0 Å². The molecule has 3 rings (SSSR count). The second-order valence-electron chi connectivity index (χ2n) is 7.26. The van der Waals surface area contributed by atoms with Gasteiger partial charge in [-0.3, -0.25) is 4.79 Å². The molecule has 0 radical (unpaired) electrons. The lowest BCUT2D eigenvalue weighted by atomic mass is 9.97. The van der Waals surface area contributed by atoms with Crippen LogP contribution in [0.1, 0.15) is 38.7 Å². The third-order valence-corrected chi connectivity index (χ3v) is 5.16. The highest BCUT2D eigenvalue weighted by Crippen LogP contribution is 2.19. The first-order valence-corrected chi connectivity index (χ1v) is 9.19. The number of amides is 1.